The van der Waals surface area contributed by atoms with Crippen LogP contribution in [-0.4, -0.2) is 18.1 Å². The van der Waals surface area contributed by atoms with E-state index >= 15 is 0 Å². The second-order valence-corrected chi connectivity index (χ2v) is 5.06. The molecule has 0 spiro atoms. The summed E-state index contributed by atoms with van der Waals surface area (Å²) >= 11 is 1.46. The van der Waals surface area contributed by atoms with Crippen molar-refractivity contribution in [1.82, 2.24) is 4.98 Å². The molecule has 0 N–H and O–H groups in total. The first-order chi connectivity index (χ1) is 9.76. The molecule has 20 heavy (non-hydrogen) atoms. The lowest BCUT2D eigenvalue weighted by Crippen LogP contribution is -2.00. The molecule has 0 radical (unpaired) electrons. The second kappa shape index (κ2) is 5.30. The van der Waals surface area contributed by atoms with E-state index in [0.29, 0.717) is 16.5 Å². The van der Waals surface area contributed by atoms with E-state index in [4.69, 9.17) is 4.74 Å². The van der Waals surface area contributed by atoms with E-state index in [1.165, 1.54) is 18.4 Å². The maximum Gasteiger partial charge on any atom is 0.337 e. The summed E-state index contributed by atoms with van der Waals surface area (Å²) in [6.07, 6.45) is 0. The molecule has 0 fully saturated rings. The minimum absolute atomic E-state index is 0.389. The summed E-state index contributed by atoms with van der Waals surface area (Å²) in [5.74, 6) is 0.173. The summed E-state index contributed by atoms with van der Waals surface area (Å²) in [5.41, 5.74) is 1.35. The van der Waals surface area contributed by atoms with Crippen LogP contribution in [0.25, 0.3) is 10.2 Å². The van der Waals surface area contributed by atoms with Crippen molar-refractivity contribution in [2.45, 2.75) is 0 Å². The number of fused-ring (bicyclic) bond motifs is 1. The maximum atomic E-state index is 11.5. The van der Waals surface area contributed by atoms with Gasteiger partial charge in [0.1, 0.15) is 5.75 Å². The fourth-order valence-electron chi connectivity index (χ4n) is 1.80. The molecule has 4 nitrogen and oxygen atoms in total. The average Bonchev–Trinajstić information content (AvgIpc) is 2.88. The van der Waals surface area contributed by atoms with Gasteiger partial charge < -0.3 is 9.47 Å². The first-order valence-electron chi connectivity index (χ1n) is 5.98. The highest BCUT2D eigenvalue weighted by atomic mass is 32.1. The summed E-state index contributed by atoms with van der Waals surface area (Å²) in [4.78, 5) is 15.9. The number of hydrogen-bond acceptors (Lipinski definition) is 5. The SMILES string of the molecule is COC(=O)c1cccc(Oc2nc3ccccc3s2)c1. The summed E-state index contributed by atoms with van der Waals surface area (Å²) in [6.45, 7) is 0. The highest BCUT2D eigenvalue weighted by Crippen LogP contribution is 2.31. The Labute approximate surface area is 119 Å². The minimum Gasteiger partial charge on any atom is -0.465 e. The molecular formula is C15H11NO3S. The monoisotopic (exact) mass is 285 g/mol. The fourth-order valence-corrected chi connectivity index (χ4v) is 2.63. The number of hydrogen-bond donors (Lipinski definition) is 0. The second-order valence-electron chi connectivity index (χ2n) is 4.07. The summed E-state index contributed by atoms with van der Waals surface area (Å²) in [7, 11) is 1.35. The molecule has 0 amide bonds. The Balaban J connectivity index is 1.88. The maximum absolute atomic E-state index is 11.5. The summed E-state index contributed by atoms with van der Waals surface area (Å²) in [5, 5.41) is 0.549. The molecule has 0 saturated carbocycles. The van der Waals surface area contributed by atoms with Crippen LogP contribution in [0.5, 0.6) is 10.9 Å². The molecule has 0 aliphatic heterocycles. The van der Waals surface area contributed by atoms with Crippen molar-refractivity contribution in [3.05, 3.63) is 54.1 Å². The Kier molecular flexibility index (Phi) is 3.35. The number of rotatable bonds is 3. The zero-order chi connectivity index (χ0) is 13.9. The number of benzene rings is 2. The van der Waals surface area contributed by atoms with E-state index in [1.807, 2.05) is 24.3 Å². The highest BCUT2D eigenvalue weighted by Gasteiger charge is 2.09. The Morgan fingerprint density at radius 1 is 1.15 bits per heavy atom. The van der Waals surface area contributed by atoms with Crippen molar-refractivity contribution in [2.75, 3.05) is 7.11 Å². The van der Waals surface area contributed by atoms with E-state index in [-0.39, 0.29) is 5.97 Å². The number of aromatic nitrogens is 1. The van der Waals surface area contributed by atoms with Crippen molar-refractivity contribution in [3.63, 3.8) is 0 Å². The molecule has 0 atom stereocenters. The molecule has 3 rings (SSSR count). The van der Waals surface area contributed by atoms with Gasteiger partial charge in [-0.05, 0) is 30.3 Å². The van der Waals surface area contributed by atoms with Crippen LogP contribution < -0.4 is 4.74 Å². The van der Waals surface area contributed by atoms with Gasteiger partial charge in [0.05, 0.1) is 22.9 Å². The third-order valence-electron chi connectivity index (χ3n) is 2.73. The average molecular weight is 285 g/mol. The van der Waals surface area contributed by atoms with E-state index in [0.717, 1.165) is 10.2 Å². The predicted molar refractivity (Wildman–Crippen MR) is 77.5 cm³/mol. The first-order valence-corrected chi connectivity index (χ1v) is 6.80. The third-order valence-corrected chi connectivity index (χ3v) is 3.65. The lowest BCUT2D eigenvalue weighted by atomic mass is 10.2. The van der Waals surface area contributed by atoms with Gasteiger partial charge in [-0.15, -0.1) is 0 Å². The number of carbonyl (C=O) groups is 1. The number of methoxy groups -OCH3 is 1. The molecule has 3 aromatic rings. The number of ether oxygens (including phenoxy) is 2. The van der Waals surface area contributed by atoms with Crippen LogP contribution >= 0.6 is 11.3 Å². The molecule has 0 unspecified atom stereocenters. The quantitative estimate of drug-likeness (QED) is 0.685. The topological polar surface area (TPSA) is 48.4 Å². The lowest BCUT2D eigenvalue weighted by Gasteiger charge is -2.03. The number of esters is 1. The van der Waals surface area contributed by atoms with Crippen LogP contribution in [0, 0.1) is 0 Å². The van der Waals surface area contributed by atoms with E-state index in [1.54, 1.807) is 24.3 Å². The molecule has 0 aliphatic carbocycles. The normalized spacial score (nSPS) is 10.4. The van der Waals surface area contributed by atoms with Crippen molar-refractivity contribution in [1.29, 1.82) is 0 Å². The van der Waals surface area contributed by atoms with Gasteiger partial charge in [-0.1, -0.05) is 29.5 Å². The number of nitrogens with zero attached hydrogens (tertiary/aromatic N) is 1. The van der Waals surface area contributed by atoms with E-state index in [9.17, 15) is 4.79 Å². The molecule has 100 valence electrons. The largest absolute Gasteiger partial charge is 0.465 e. The van der Waals surface area contributed by atoms with Crippen molar-refractivity contribution >= 4 is 27.5 Å². The van der Waals surface area contributed by atoms with E-state index < -0.39 is 0 Å². The summed E-state index contributed by atoms with van der Waals surface area (Å²) in [6, 6.07) is 14.7. The van der Waals surface area contributed by atoms with Gasteiger partial charge in [0.25, 0.3) is 5.19 Å². The van der Waals surface area contributed by atoms with Crippen molar-refractivity contribution in [3.8, 4) is 10.9 Å². The van der Waals surface area contributed by atoms with Gasteiger partial charge >= 0.3 is 5.97 Å². The fraction of sp³-hybridized carbons (Fsp3) is 0.0667. The standard InChI is InChI=1S/C15H11NO3S/c1-18-14(17)10-5-4-6-11(9-10)19-15-16-12-7-2-3-8-13(12)20-15/h2-9H,1H3. The Bertz CT molecular complexity index is 733. The lowest BCUT2D eigenvalue weighted by molar-refractivity contribution is 0.0600. The summed E-state index contributed by atoms with van der Waals surface area (Å²) < 4.78 is 11.4. The van der Waals surface area contributed by atoms with Gasteiger partial charge in [-0.25, -0.2) is 9.78 Å². The molecule has 1 aromatic heterocycles. The third kappa shape index (κ3) is 2.48. The van der Waals surface area contributed by atoms with Crippen LogP contribution in [0.3, 0.4) is 0 Å². The van der Waals surface area contributed by atoms with E-state index in [2.05, 4.69) is 9.72 Å². The predicted octanol–water partition coefficient (Wildman–Crippen LogP) is 3.88. The van der Waals surface area contributed by atoms with Crippen LogP contribution in [0.1, 0.15) is 10.4 Å². The number of thiazole rings is 1. The Morgan fingerprint density at radius 3 is 2.80 bits per heavy atom. The van der Waals surface area contributed by atoms with Gasteiger partial charge in [0, 0.05) is 0 Å². The smallest absolute Gasteiger partial charge is 0.337 e. The van der Waals surface area contributed by atoms with Crippen molar-refractivity contribution < 1.29 is 14.3 Å². The number of carbonyl (C=O) groups excluding carboxylic acids is 1. The molecule has 0 saturated heterocycles. The van der Waals surface area contributed by atoms with Gasteiger partial charge in [-0.3, -0.25) is 0 Å². The molecule has 0 bridgehead atoms. The Morgan fingerprint density at radius 2 is 2.00 bits per heavy atom. The molecule has 2 aromatic carbocycles. The van der Waals surface area contributed by atoms with Crippen molar-refractivity contribution in [2.24, 2.45) is 0 Å². The first kappa shape index (κ1) is 12.6. The molecule has 1 heterocycles. The van der Waals surface area contributed by atoms with Crippen LogP contribution in [0.15, 0.2) is 48.5 Å². The highest BCUT2D eigenvalue weighted by molar-refractivity contribution is 7.20. The molecular weight excluding hydrogens is 274 g/mol. The minimum atomic E-state index is -0.389. The number of para-hydroxylation sites is 1. The van der Waals surface area contributed by atoms with Crippen LogP contribution in [-0.2, 0) is 4.74 Å². The molecule has 0 aliphatic rings. The van der Waals surface area contributed by atoms with Gasteiger partial charge in [0.15, 0.2) is 0 Å². The Hall–Kier alpha value is -2.40. The van der Waals surface area contributed by atoms with Gasteiger partial charge in [0.2, 0.25) is 0 Å². The zero-order valence-electron chi connectivity index (χ0n) is 10.7. The van der Waals surface area contributed by atoms with Crippen LogP contribution in [0.4, 0.5) is 0 Å². The molecule has 5 heteroatoms. The zero-order valence-corrected chi connectivity index (χ0v) is 11.5. The van der Waals surface area contributed by atoms with Crippen LogP contribution in [0.2, 0.25) is 0 Å². The van der Waals surface area contributed by atoms with Gasteiger partial charge in [-0.2, -0.15) is 0 Å².